The summed E-state index contributed by atoms with van der Waals surface area (Å²) in [6, 6.07) is 0. The van der Waals surface area contributed by atoms with Gasteiger partial charge in [-0.2, -0.15) is 12.8 Å². The third-order valence-electron chi connectivity index (χ3n) is 2.74. The van der Waals surface area contributed by atoms with Crippen LogP contribution < -0.4 is 0 Å². The van der Waals surface area contributed by atoms with Crippen molar-refractivity contribution in [2.24, 2.45) is 0 Å². The molecule has 0 aliphatic heterocycles. The van der Waals surface area contributed by atoms with Crippen LogP contribution in [0.15, 0.2) is 0 Å². The summed E-state index contributed by atoms with van der Waals surface area (Å²) in [4.78, 5) is 4.74. The predicted molar refractivity (Wildman–Crippen MR) is 75.5 cm³/mol. The first kappa shape index (κ1) is 22.7. The first-order valence-corrected chi connectivity index (χ1v) is 6.73. The SMILES string of the molecule is [CH2-]CCN(CC)CC.[CH2-]CCN(CC)CC.[Zn+2]. The van der Waals surface area contributed by atoms with Crippen LogP contribution in [-0.4, -0.2) is 49.1 Å². The van der Waals surface area contributed by atoms with E-state index in [-0.39, 0.29) is 19.5 Å². The molecule has 0 radical (unpaired) electrons. The zero-order valence-electron chi connectivity index (χ0n) is 12.7. The van der Waals surface area contributed by atoms with Crippen LogP contribution in [0.5, 0.6) is 0 Å². The first-order valence-electron chi connectivity index (χ1n) is 6.73. The van der Waals surface area contributed by atoms with Gasteiger partial charge in [0.2, 0.25) is 0 Å². The van der Waals surface area contributed by atoms with Gasteiger partial charge in [-0.05, 0) is 39.3 Å². The van der Waals surface area contributed by atoms with Gasteiger partial charge in [0.05, 0.1) is 0 Å². The smallest absolute Gasteiger partial charge is 0.342 e. The molecule has 0 aromatic heterocycles. The minimum atomic E-state index is 0. The van der Waals surface area contributed by atoms with Gasteiger partial charge in [0.15, 0.2) is 0 Å². The molecule has 0 aliphatic carbocycles. The van der Waals surface area contributed by atoms with E-state index >= 15 is 0 Å². The summed E-state index contributed by atoms with van der Waals surface area (Å²) in [6.45, 7) is 23.2. The molecule has 0 unspecified atom stereocenters. The van der Waals surface area contributed by atoms with Gasteiger partial charge in [-0.1, -0.05) is 27.7 Å². The Bertz CT molecular complexity index is 98.8. The van der Waals surface area contributed by atoms with E-state index in [2.05, 4.69) is 51.3 Å². The maximum Gasteiger partial charge on any atom is 2.00 e. The second kappa shape index (κ2) is 18.9. The summed E-state index contributed by atoms with van der Waals surface area (Å²) in [5, 5.41) is 0. The normalized spacial score (nSPS) is 9.88. The first-order chi connectivity index (χ1) is 7.69. The van der Waals surface area contributed by atoms with Crippen molar-refractivity contribution in [3.8, 4) is 0 Å². The molecule has 0 atom stereocenters. The maximum absolute atomic E-state index is 3.78. The van der Waals surface area contributed by atoms with Gasteiger partial charge >= 0.3 is 19.5 Å². The van der Waals surface area contributed by atoms with E-state index in [0.717, 1.165) is 52.1 Å². The van der Waals surface area contributed by atoms with E-state index in [9.17, 15) is 0 Å². The Morgan fingerprint density at radius 2 is 0.882 bits per heavy atom. The van der Waals surface area contributed by atoms with E-state index in [4.69, 9.17) is 0 Å². The average Bonchev–Trinajstić information content (AvgIpc) is 2.33. The standard InChI is InChI=1S/2C7H16N.Zn/c2*1-4-7-8(5-2)6-3;/h2*1,4-7H2,2-3H3;/q2*-1;+2. The molecule has 0 N–H and O–H groups in total. The van der Waals surface area contributed by atoms with E-state index in [0.29, 0.717) is 0 Å². The van der Waals surface area contributed by atoms with Crippen molar-refractivity contribution >= 4 is 0 Å². The third kappa shape index (κ3) is 16.5. The van der Waals surface area contributed by atoms with E-state index in [1.165, 1.54) is 0 Å². The molecule has 0 aliphatic rings. The molecule has 0 spiro atoms. The molecule has 100 valence electrons. The van der Waals surface area contributed by atoms with Crippen LogP contribution in [-0.2, 0) is 19.5 Å². The summed E-state index contributed by atoms with van der Waals surface area (Å²) >= 11 is 0. The van der Waals surface area contributed by atoms with Crippen molar-refractivity contribution in [1.82, 2.24) is 9.80 Å². The van der Waals surface area contributed by atoms with Crippen molar-refractivity contribution in [3.63, 3.8) is 0 Å². The third-order valence-corrected chi connectivity index (χ3v) is 2.74. The molecular weight excluding hydrogens is 262 g/mol. The molecule has 3 heteroatoms. The van der Waals surface area contributed by atoms with Gasteiger partial charge in [0.1, 0.15) is 0 Å². The second-order valence-corrected chi connectivity index (χ2v) is 3.76. The fourth-order valence-corrected chi connectivity index (χ4v) is 1.53. The Morgan fingerprint density at radius 1 is 0.647 bits per heavy atom. The number of hydrogen-bond acceptors (Lipinski definition) is 2. The summed E-state index contributed by atoms with van der Waals surface area (Å²) in [7, 11) is 0. The zero-order valence-corrected chi connectivity index (χ0v) is 15.6. The van der Waals surface area contributed by atoms with Gasteiger partial charge in [-0.15, -0.1) is 0 Å². The molecule has 0 heterocycles. The van der Waals surface area contributed by atoms with Crippen LogP contribution in [0.25, 0.3) is 0 Å². The predicted octanol–water partition coefficient (Wildman–Crippen LogP) is 3.10. The Balaban J connectivity index is -0.000000218. The van der Waals surface area contributed by atoms with Crippen LogP contribution in [0, 0.1) is 13.8 Å². The van der Waals surface area contributed by atoms with Gasteiger partial charge in [-0.25, -0.2) is 0 Å². The molecule has 0 saturated carbocycles. The number of hydrogen-bond donors (Lipinski definition) is 0. The van der Waals surface area contributed by atoms with Gasteiger partial charge in [0, 0.05) is 0 Å². The monoisotopic (exact) mass is 292 g/mol. The molecule has 0 aromatic carbocycles. The van der Waals surface area contributed by atoms with Crippen molar-refractivity contribution in [2.75, 3.05) is 39.3 Å². The molecule has 2 nitrogen and oxygen atoms in total. The molecule has 0 amide bonds. The minimum Gasteiger partial charge on any atom is -0.342 e. The summed E-state index contributed by atoms with van der Waals surface area (Å²) in [6.07, 6.45) is 2.06. The summed E-state index contributed by atoms with van der Waals surface area (Å²) in [5.41, 5.74) is 0. The maximum atomic E-state index is 3.78. The Morgan fingerprint density at radius 3 is 0.941 bits per heavy atom. The Hall–Kier alpha value is 0.543. The van der Waals surface area contributed by atoms with Crippen LogP contribution in [0.1, 0.15) is 40.5 Å². The number of rotatable bonds is 8. The van der Waals surface area contributed by atoms with Gasteiger partial charge in [-0.3, -0.25) is 0 Å². The average molecular weight is 294 g/mol. The van der Waals surface area contributed by atoms with E-state index in [1.54, 1.807) is 0 Å². The molecule has 0 saturated heterocycles. The van der Waals surface area contributed by atoms with E-state index < -0.39 is 0 Å². The van der Waals surface area contributed by atoms with Crippen LogP contribution in [0.3, 0.4) is 0 Å². The minimum absolute atomic E-state index is 0. The molecular formula is C14H32N2Zn. The van der Waals surface area contributed by atoms with Crippen molar-refractivity contribution < 1.29 is 19.5 Å². The van der Waals surface area contributed by atoms with Crippen LogP contribution in [0.4, 0.5) is 0 Å². The zero-order chi connectivity index (χ0) is 12.8. The quantitative estimate of drug-likeness (QED) is 0.501. The summed E-state index contributed by atoms with van der Waals surface area (Å²) < 4.78 is 0. The van der Waals surface area contributed by atoms with Gasteiger partial charge in [0.25, 0.3) is 0 Å². The van der Waals surface area contributed by atoms with Crippen molar-refractivity contribution in [2.45, 2.75) is 40.5 Å². The molecule has 0 aromatic rings. The Kier molecular flexibility index (Phi) is 25.2. The molecule has 0 fully saturated rings. The number of nitrogens with zero attached hydrogens (tertiary/aromatic N) is 2. The fraction of sp³-hybridized carbons (Fsp3) is 0.857. The molecule has 0 rings (SSSR count). The largest absolute Gasteiger partial charge is 2.00 e. The topological polar surface area (TPSA) is 6.48 Å². The fourth-order valence-electron chi connectivity index (χ4n) is 1.53. The molecule has 0 bridgehead atoms. The molecule has 17 heavy (non-hydrogen) atoms. The van der Waals surface area contributed by atoms with Crippen LogP contribution in [0.2, 0.25) is 0 Å². The van der Waals surface area contributed by atoms with Gasteiger partial charge < -0.3 is 23.6 Å². The van der Waals surface area contributed by atoms with Crippen molar-refractivity contribution in [3.05, 3.63) is 13.8 Å². The van der Waals surface area contributed by atoms with E-state index in [1.807, 2.05) is 0 Å². The second-order valence-electron chi connectivity index (χ2n) is 3.76. The summed E-state index contributed by atoms with van der Waals surface area (Å²) in [5.74, 6) is 0. The Labute approximate surface area is 123 Å². The van der Waals surface area contributed by atoms with Crippen molar-refractivity contribution in [1.29, 1.82) is 0 Å². The van der Waals surface area contributed by atoms with Crippen LogP contribution >= 0.6 is 0 Å².